The van der Waals surface area contributed by atoms with Crippen LogP contribution in [0, 0.1) is 0 Å². The molecule has 0 aromatic heterocycles. The van der Waals surface area contributed by atoms with E-state index in [-0.39, 0.29) is 12.3 Å². The molecule has 2 aromatic carbocycles. The van der Waals surface area contributed by atoms with Crippen LogP contribution < -0.4 is 15.4 Å². The number of halogens is 2. The average Bonchev–Trinajstić information content (AvgIpc) is 2.51. The number of hydrogen-bond acceptors (Lipinski definition) is 3. The molecule has 1 atom stereocenters. The van der Waals surface area contributed by atoms with E-state index in [0.29, 0.717) is 27.2 Å². The Kier molecular flexibility index (Phi) is 4.41. The van der Waals surface area contributed by atoms with Crippen LogP contribution in [0.25, 0.3) is 0 Å². The topological polar surface area (TPSA) is 67.4 Å². The van der Waals surface area contributed by atoms with Crippen LogP contribution in [0.3, 0.4) is 0 Å². The first-order chi connectivity index (χ1) is 11.0. The molecular formula is C16H12Cl2N2O3. The summed E-state index contributed by atoms with van der Waals surface area (Å²) in [6.07, 6.45) is -1.04. The summed E-state index contributed by atoms with van der Waals surface area (Å²) in [4.78, 5) is 24.1. The van der Waals surface area contributed by atoms with Crippen molar-refractivity contribution >= 4 is 46.4 Å². The zero-order valence-electron chi connectivity index (χ0n) is 11.8. The van der Waals surface area contributed by atoms with Crippen molar-refractivity contribution in [3.05, 3.63) is 52.5 Å². The van der Waals surface area contributed by atoms with Crippen LogP contribution in [-0.2, 0) is 9.59 Å². The molecule has 0 radical (unpaired) electrons. The highest BCUT2D eigenvalue weighted by Crippen LogP contribution is 2.30. The molecule has 0 fully saturated rings. The Bertz CT molecular complexity index is 780. The summed E-state index contributed by atoms with van der Waals surface area (Å²) in [5.74, 6) is -0.226. The number of amides is 2. The SMILES string of the molecule is O=C(CC1Oc2ccccc2NC1=O)Nc1cc(Cl)ccc1Cl. The predicted molar refractivity (Wildman–Crippen MR) is 89.2 cm³/mol. The molecule has 1 aliphatic heterocycles. The normalized spacial score (nSPS) is 16.1. The zero-order chi connectivity index (χ0) is 16.4. The third-order valence-corrected chi connectivity index (χ3v) is 3.84. The van der Waals surface area contributed by atoms with Crippen molar-refractivity contribution in [1.29, 1.82) is 0 Å². The number of hydrogen-bond donors (Lipinski definition) is 2. The molecule has 1 unspecified atom stereocenters. The van der Waals surface area contributed by atoms with Gasteiger partial charge < -0.3 is 15.4 Å². The van der Waals surface area contributed by atoms with Gasteiger partial charge in [-0.2, -0.15) is 0 Å². The zero-order valence-corrected chi connectivity index (χ0v) is 13.3. The number of nitrogens with one attached hydrogen (secondary N) is 2. The summed E-state index contributed by atoms with van der Waals surface area (Å²) in [5.41, 5.74) is 0.979. The van der Waals surface area contributed by atoms with E-state index in [2.05, 4.69) is 10.6 Å². The molecule has 2 N–H and O–H groups in total. The molecule has 118 valence electrons. The fourth-order valence-corrected chi connectivity index (χ4v) is 2.53. The first-order valence-corrected chi connectivity index (χ1v) is 7.60. The largest absolute Gasteiger partial charge is 0.478 e. The standard InChI is InChI=1S/C16H12Cl2N2O3/c17-9-5-6-10(18)12(7-9)19-15(21)8-14-16(22)20-11-3-1-2-4-13(11)23-14/h1-7,14H,8H2,(H,19,21)(H,20,22). The molecule has 2 aromatic rings. The molecule has 5 nitrogen and oxygen atoms in total. The lowest BCUT2D eigenvalue weighted by Crippen LogP contribution is -2.39. The maximum absolute atomic E-state index is 12.1. The highest BCUT2D eigenvalue weighted by atomic mass is 35.5. The second-order valence-electron chi connectivity index (χ2n) is 4.97. The van der Waals surface area contributed by atoms with Crippen LogP contribution in [0.4, 0.5) is 11.4 Å². The fraction of sp³-hybridized carbons (Fsp3) is 0.125. The van der Waals surface area contributed by atoms with Crippen molar-refractivity contribution in [2.45, 2.75) is 12.5 Å². The van der Waals surface area contributed by atoms with E-state index in [1.807, 2.05) is 0 Å². The van der Waals surface area contributed by atoms with Gasteiger partial charge in [0, 0.05) is 5.02 Å². The lowest BCUT2D eigenvalue weighted by molar-refractivity contribution is -0.128. The minimum Gasteiger partial charge on any atom is -0.478 e. The van der Waals surface area contributed by atoms with Crippen LogP contribution in [0.2, 0.25) is 10.0 Å². The molecule has 0 aliphatic carbocycles. The number of ether oxygens (including phenoxy) is 1. The second-order valence-corrected chi connectivity index (χ2v) is 5.81. The van der Waals surface area contributed by atoms with Gasteiger partial charge in [0.25, 0.3) is 5.91 Å². The Morgan fingerprint density at radius 3 is 2.83 bits per heavy atom. The molecule has 7 heteroatoms. The smallest absolute Gasteiger partial charge is 0.266 e. The molecule has 0 saturated heterocycles. The second kappa shape index (κ2) is 6.48. The van der Waals surface area contributed by atoms with Gasteiger partial charge in [-0.15, -0.1) is 0 Å². The summed E-state index contributed by atoms with van der Waals surface area (Å²) in [7, 11) is 0. The van der Waals surface area contributed by atoms with Gasteiger partial charge in [0.05, 0.1) is 22.8 Å². The summed E-state index contributed by atoms with van der Waals surface area (Å²) in [6, 6.07) is 11.8. The molecule has 0 spiro atoms. The van der Waals surface area contributed by atoms with Gasteiger partial charge >= 0.3 is 0 Å². The third-order valence-electron chi connectivity index (χ3n) is 3.28. The maximum Gasteiger partial charge on any atom is 0.266 e. The van der Waals surface area contributed by atoms with Crippen LogP contribution in [-0.4, -0.2) is 17.9 Å². The number of fused-ring (bicyclic) bond motifs is 1. The highest BCUT2D eigenvalue weighted by Gasteiger charge is 2.29. The number of para-hydroxylation sites is 2. The number of benzene rings is 2. The lowest BCUT2D eigenvalue weighted by Gasteiger charge is -2.25. The highest BCUT2D eigenvalue weighted by molar-refractivity contribution is 6.35. The van der Waals surface area contributed by atoms with E-state index < -0.39 is 12.0 Å². The monoisotopic (exact) mass is 350 g/mol. The summed E-state index contributed by atoms with van der Waals surface area (Å²) >= 11 is 11.9. The van der Waals surface area contributed by atoms with Crippen molar-refractivity contribution in [3.63, 3.8) is 0 Å². The van der Waals surface area contributed by atoms with Crippen LogP contribution in [0.15, 0.2) is 42.5 Å². The van der Waals surface area contributed by atoms with Crippen LogP contribution >= 0.6 is 23.2 Å². The summed E-state index contributed by atoms with van der Waals surface area (Å²) in [5, 5.41) is 6.15. The summed E-state index contributed by atoms with van der Waals surface area (Å²) < 4.78 is 5.57. The van der Waals surface area contributed by atoms with E-state index in [0.717, 1.165) is 0 Å². The molecule has 3 rings (SSSR count). The predicted octanol–water partition coefficient (Wildman–Crippen LogP) is 3.72. The Balaban J connectivity index is 1.69. The van der Waals surface area contributed by atoms with Crippen molar-refractivity contribution in [2.75, 3.05) is 10.6 Å². The average molecular weight is 351 g/mol. The number of rotatable bonds is 3. The molecule has 0 bridgehead atoms. The Morgan fingerprint density at radius 2 is 2.00 bits per heavy atom. The van der Waals surface area contributed by atoms with Gasteiger partial charge in [-0.3, -0.25) is 9.59 Å². The van der Waals surface area contributed by atoms with Gasteiger partial charge in [-0.1, -0.05) is 35.3 Å². The number of carbonyl (C=O) groups excluding carboxylic acids is 2. The van der Waals surface area contributed by atoms with Gasteiger partial charge in [0.2, 0.25) is 5.91 Å². The van der Waals surface area contributed by atoms with Gasteiger partial charge in [0.15, 0.2) is 6.10 Å². The van der Waals surface area contributed by atoms with Gasteiger partial charge in [-0.05, 0) is 30.3 Å². The Hall–Kier alpha value is -2.24. The third kappa shape index (κ3) is 3.57. The molecule has 2 amide bonds. The molecular weight excluding hydrogens is 339 g/mol. The van der Waals surface area contributed by atoms with Gasteiger partial charge in [0.1, 0.15) is 5.75 Å². The fourth-order valence-electron chi connectivity index (χ4n) is 2.19. The van der Waals surface area contributed by atoms with Gasteiger partial charge in [-0.25, -0.2) is 0 Å². The van der Waals surface area contributed by atoms with Crippen molar-refractivity contribution in [1.82, 2.24) is 0 Å². The Labute approximate surface area is 142 Å². The maximum atomic E-state index is 12.1. The minimum absolute atomic E-state index is 0.136. The van der Waals surface area contributed by atoms with E-state index in [9.17, 15) is 9.59 Å². The number of anilines is 2. The molecule has 1 aliphatic rings. The first kappa shape index (κ1) is 15.6. The minimum atomic E-state index is -0.900. The summed E-state index contributed by atoms with van der Waals surface area (Å²) in [6.45, 7) is 0. The molecule has 23 heavy (non-hydrogen) atoms. The van der Waals surface area contributed by atoms with E-state index in [1.54, 1.807) is 42.5 Å². The molecule has 1 heterocycles. The lowest BCUT2D eigenvalue weighted by atomic mass is 10.1. The van der Waals surface area contributed by atoms with Crippen molar-refractivity contribution < 1.29 is 14.3 Å². The van der Waals surface area contributed by atoms with Crippen LogP contribution in [0.1, 0.15) is 6.42 Å². The van der Waals surface area contributed by atoms with Crippen LogP contribution in [0.5, 0.6) is 5.75 Å². The number of carbonyl (C=O) groups is 2. The Morgan fingerprint density at radius 1 is 1.22 bits per heavy atom. The first-order valence-electron chi connectivity index (χ1n) is 6.84. The van der Waals surface area contributed by atoms with E-state index in [4.69, 9.17) is 27.9 Å². The quantitative estimate of drug-likeness (QED) is 0.886. The molecule has 0 saturated carbocycles. The van der Waals surface area contributed by atoms with E-state index >= 15 is 0 Å². The van der Waals surface area contributed by atoms with Crippen molar-refractivity contribution in [2.24, 2.45) is 0 Å². The van der Waals surface area contributed by atoms with Crippen molar-refractivity contribution in [3.8, 4) is 5.75 Å². The van der Waals surface area contributed by atoms with E-state index in [1.165, 1.54) is 0 Å².